The first-order chi connectivity index (χ1) is 16.8. The van der Waals surface area contributed by atoms with Gasteiger partial charge in [0.1, 0.15) is 5.82 Å². The average molecular weight is 480 g/mol. The average Bonchev–Trinajstić information content (AvgIpc) is 2.87. The fourth-order valence-corrected chi connectivity index (χ4v) is 5.03. The zero-order chi connectivity index (χ0) is 24.6. The van der Waals surface area contributed by atoms with Gasteiger partial charge in [-0.3, -0.25) is 9.69 Å². The van der Waals surface area contributed by atoms with Crippen molar-refractivity contribution >= 4 is 23.4 Å². The van der Waals surface area contributed by atoms with Crippen molar-refractivity contribution in [3.05, 3.63) is 90.1 Å². The number of nitrogens with zero attached hydrogens (tertiary/aromatic N) is 3. The lowest BCUT2D eigenvalue weighted by Crippen LogP contribution is -2.67. The summed E-state index contributed by atoms with van der Waals surface area (Å²) < 4.78 is 38.3. The Morgan fingerprint density at radius 1 is 0.943 bits per heavy atom. The largest absolute Gasteiger partial charge is 0.416 e. The third-order valence-electron chi connectivity index (χ3n) is 6.84. The van der Waals surface area contributed by atoms with Crippen LogP contribution in [0.3, 0.4) is 0 Å². The number of β-lactam (4-membered cyclic amide) rings is 1. The zero-order valence-corrected chi connectivity index (χ0v) is 18.7. The third kappa shape index (κ3) is 4.11. The van der Waals surface area contributed by atoms with E-state index in [-0.39, 0.29) is 17.6 Å². The molecule has 2 saturated heterocycles. The van der Waals surface area contributed by atoms with Crippen LogP contribution in [0.4, 0.5) is 29.5 Å². The van der Waals surface area contributed by atoms with Gasteiger partial charge in [-0.25, -0.2) is 9.78 Å². The molecule has 0 saturated carbocycles. The summed E-state index contributed by atoms with van der Waals surface area (Å²) in [7, 11) is 0. The lowest BCUT2D eigenvalue weighted by atomic mass is 9.62. The number of alkyl halides is 3. The number of benzene rings is 2. The van der Waals surface area contributed by atoms with Gasteiger partial charge in [-0.2, -0.15) is 13.2 Å². The van der Waals surface area contributed by atoms with E-state index in [9.17, 15) is 22.8 Å². The molecule has 2 aromatic carbocycles. The first kappa shape index (κ1) is 22.9. The number of rotatable bonds is 3. The molecule has 35 heavy (non-hydrogen) atoms. The van der Waals surface area contributed by atoms with Crippen LogP contribution in [0, 0.1) is 5.41 Å². The normalized spacial score (nSPS) is 19.4. The minimum absolute atomic E-state index is 0.00662. The van der Waals surface area contributed by atoms with Gasteiger partial charge in [-0.15, -0.1) is 0 Å². The first-order valence-electron chi connectivity index (χ1n) is 11.3. The van der Waals surface area contributed by atoms with Crippen molar-refractivity contribution in [2.75, 3.05) is 23.3 Å². The molecule has 3 heterocycles. The number of nitrogens with one attached hydrogen (secondary N) is 1. The summed E-state index contributed by atoms with van der Waals surface area (Å²) in [6, 6.07) is 19.0. The Bertz CT molecular complexity index is 1210. The molecular weight excluding hydrogens is 457 g/mol. The molecule has 1 N–H and O–H groups in total. The number of urea groups is 1. The van der Waals surface area contributed by atoms with Crippen LogP contribution in [0.15, 0.2) is 79.0 Å². The molecule has 0 radical (unpaired) electrons. The lowest BCUT2D eigenvalue weighted by Gasteiger charge is -2.58. The maximum Gasteiger partial charge on any atom is 0.416 e. The highest BCUT2D eigenvalue weighted by atomic mass is 19.4. The number of hydrogen-bond donors (Lipinski definition) is 1. The second-order valence-electron chi connectivity index (χ2n) is 8.82. The van der Waals surface area contributed by atoms with Crippen LogP contribution in [0.25, 0.3) is 0 Å². The SMILES string of the molecule is O=C(Nc1ccc(C(F)(F)F)cc1)N1CCC2(CC1)C(=O)N(c1ccccn1)[C@H]2c1ccccc1. The molecular formula is C26H23F3N4O2. The Kier molecular flexibility index (Phi) is 5.70. The predicted molar refractivity (Wildman–Crippen MR) is 125 cm³/mol. The number of likely N-dealkylation sites (tertiary alicyclic amines) is 1. The number of piperidine rings is 1. The summed E-state index contributed by atoms with van der Waals surface area (Å²) in [6.45, 7) is 0.717. The monoisotopic (exact) mass is 480 g/mol. The van der Waals surface area contributed by atoms with Crippen molar-refractivity contribution in [3.8, 4) is 0 Å². The Labute approximate surface area is 200 Å². The van der Waals surface area contributed by atoms with Crippen molar-refractivity contribution in [2.24, 2.45) is 5.41 Å². The highest BCUT2D eigenvalue weighted by Gasteiger charge is 2.62. The molecule has 6 nitrogen and oxygen atoms in total. The number of amides is 3. The quantitative estimate of drug-likeness (QED) is 0.504. The van der Waals surface area contributed by atoms with E-state index in [1.165, 1.54) is 12.1 Å². The second kappa shape index (κ2) is 8.72. The summed E-state index contributed by atoms with van der Waals surface area (Å²) in [5.41, 5.74) is -0.112. The number of halogens is 3. The summed E-state index contributed by atoms with van der Waals surface area (Å²) in [5, 5.41) is 2.66. The molecule has 0 aliphatic carbocycles. The minimum Gasteiger partial charge on any atom is -0.324 e. The Balaban J connectivity index is 1.30. The number of pyridine rings is 1. The second-order valence-corrected chi connectivity index (χ2v) is 8.82. The molecule has 2 aliphatic rings. The number of carbonyl (C=O) groups excluding carboxylic acids is 2. The number of hydrogen-bond acceptors (Lipinski definition) is 3. The molecule has 1 spiro atoms. The molecule has 5 rings (SSSR count). The number of carbonyl (C=O) groups is 2. The fourth-order valence-electron chi connectivity index (χ4n) is 5.03. The van der Waals surface area contributed by atoms with Gasteiger partial charge in [-0.1, -0.05) is 36.4 Å². The van der Waals surface area contributed by atoms with Gasteiger partial charge < -0.3 is 10.2 Å². The summed E-state index contributed by atoms with van der Waals surface area (Å²) >= 11 is 0. The Morgan fingerprint density at radius 3 is 2.20 bits per heavy atom. The van der Waals surface area contributed by atoms with Crippen molar-refractivity contribution in [3.63, 3.8) is 0 Å². The van der Waals surface area contributed by atoms with Crippen LogP contribution >= 0.6 is 0 Å². The van der Waals surface area contributed by atoms with Gasteiger partial charge in [-0.05, 0) is 54.8 Å². The molecule has 3 amide bonds. The standard InChI is InChI=1S/C26H23F3N4O2/c27-26(28,29)19-9-11-20(12-10-19)31-24(35)32-16-13-25(14-17-32)22(18-6-2-1-3-7-18)33(23(25)34)21-8-4-5-15-30-21/h1-12,15,22H,13-14,16-17H2,(H,31,35)/t22-/m0/s1. The highest BCUT2D eigenvalue weighted by Crippen LogP contribution is 2.57. The Morgan fingerprint density at radius 2 is 1.60 bits per heavy atom. The van der Waals surface area contributed by atoms with Gasteiger partial charge in [0.25, 0.3) is 0 Å². The topological polar surface area (TPSA) is 65.5 Å². The molecule has 1 aromatic heterocycles. The van der Waals surface area contributed by atoms with Gasteiger partial charge in [0, 0.05) is 25.0 Å². The molecule has 2 fully saturated rings. The zero-order valence-electron chi connectivity index (χ0n) is 18.7. The molecule has 3 aromatic rings. The van der Waals surface area contributed by atoms with Gasteiger partial charge in [0.2, 0.25) is 5.91 Å². The minimum atomic E-state index is -4.43. The molecule has 0 unspecified atom stereocenters. The van der Waals surface area contributed by atoms with Crippen molar-refractivity contribution in [1.82, 2.24) is 9.88 Å². The van der Waals surface area contributed by atoms with Gasteiger partial charge in [0.05, 0.1) is 17.0 Å². The van der Waals surface area contributed by atoms with Crippen molar-refractivity contribution in [1.29, 1.82) is 0 Å². The van der Waals surface area contributed by atoms with Crippen LogP contribution < -0.4 is 10.2 Å². The van der Waals surface area contributed by atoms with E-state index < -0.39 is 23.2 Å². The maximum atomic E-state index is 13.5. The maximum absolute atomic E-state index is 13.5. The summed E-state index contributed by atoms with van der Waals surface area (Å²) in [6.07, 6.45) is -1.81. The van der Waals surface area contributed by atoms with Crippen LogP contribution in [-0.4, -0.2) is 34.9 Å². The number of anilines is 2. The highest BCUT2D eigenvalue weighted by molar-refractivity contribution is 6.06. The smallest absolute Gasteiger partial charge is 0.324 e. The van der Waals surface area contributed by atoms with E-state index >= 15 is 0 Å². The fraction of sp³-hybridized carbons (Fsp3) is 0.269. The van der Waals surface area contributed by atoms with Crippen molar-refractivity contribution in [2.45, 2.75) is 25.1 Å². The van der Waals surface area contributed by atoms with Crippen LogP contribution in [-0.2, 0) is 11.0 Å². The van der Waals surface area contributed by atoms with E-state index in [1.54, 1.807) is 22.1 Å². The summed E-state index contributed by atoms with van der Waals surface area (Å²) in [5.74, 6) is 0.590. The summed E-state index contributed by atoms with van der Waals surface area (Å²) in [4.78, 5) is 34.0. The third-order valence-corrected chi connectivity index (χ3v) is 6.84. The van der Waals surface area contributed by atoms with Crippen molar-refractivity contribution < 1.29 is 22.8 Å². The van der Waals surface area contributed by atoms with Crippen LogP contribution in [0.2, 0.25) is 0 Å². The van der Waals surface area contributed by atoms with Crippen LogP contribution in [0.1, 0.15) is 30.0 Å². The van der Waals surface area contributed by atoms with Gasteiger partial charge in [0.15, 0.2) is 0 Å². The Hall–Kier alpha value is -3.88. The van der Waals surface area contributed by atoms with E-state index in [0.29, 0.717) is 31.7 Å². The van der Waals surface area contributed by atoms with E-state index in [4.69, 9.17) is 0 Å². The number of aromatic nitrogens is 1. The van der Waals surface area contributed by atoms with Gasteiger partial charge >= 0.3 is 12.2 Å². The first-order valence-corrected chi connectivity index (χ1v) is 11.3. The van der Waals surface area contributed by atoms with E-state index in [0.717, 1.165) is 17.7 Å². The molecule has 0 bridgehead atoms. The molecule has 2 aliphatic heterocycles. The molecule has 1 atom stereocenters. The molecule has 180 valence electrons. The lowest BCUT2D eigenvalue weighted by molar-refractivity contribution is -0.144. The predicted octanol–water partition coefficient (Wildman–Crippen LogP) is 5.50. The molecule has 9 heteroatoms. The van der Waals surface area contributed by atoms with E-state index in [1.807, 2.05) is 42.5 Å². The van der Waals surface area contributed by atoms with Crippen LogP contribution in [0.5, 0.6) is 0 Å². The van der Waals surface area contributed by atoms with E-state index in [2.05, 4.69) is 10.3 Å².